The predicted octanol–water partition coefficient (Wildman–Crippen LogP) is 3.28. The first-order valence-electron chi connectivity index (χ1n) is 13.6. The fourth-order valence-corrected chi connectivity index (χ4v) is 7.33. The second-order valence-corrected chi connectivity index (χ2v) is 11.5. The molecule has 6 fully saturated rings. The Balaban J connectivity index is 1.23. The number of aliphatic hydroxyl groups excluding tert-OH is 1. The zero-order valence-corrected chi connectivity index (χ0v) is 21.3. The molecule has 6 aliphatic rings. The van der Waals surface area contributed by atoms with Crippen LogP contribution in [0.4, 0.5) is 0 Å². The van der Waals surface area contributed by atoms with Crippen LogP contribution in [0, 0.1) is 23.7 Å². The van der Waals surface area contributed by atoms with Crippen LogP contribution in [0.3, 0.4) is 0 Å². The summed E-state index contributed by atoms with van der Waals surface area (Å²) < 4.78 is 18.4. The molecule has 1 N–H and O–H groups in total. The Labute approximate surface area is 207 Å². The van der Waals surface area contributed by atoms with Gasteiger partial charge >= 0.3 is 5.97 Å². The van der Waals surface area contributed by atoms with E-state index in [1.165, 1.54) is 0 Å². The Morgan fingerprint density at radius 1 is 1.06 bits per heavy atom. The smallest absolute Gasteiger partial charge is 0.308 e. The molecule has 2 bridgehead atoms. The average Bonchev–Trinajstić information content (AvgIpc) is 3.07. The minimum atomic E-state index is -0.876. The van der Waals surface area contributed by atoms with Crippen molar-refractivity contribution in [3.05, 3.63) is 0 Å². The Hall–Kier alpha value is -1.26. The summed E-state index contributed by atoms with van der Waals surface area (Å²) in [7, 11) is 0. The molecule has 1 saturated carbocycles. The molecule has 5 saturated heterocycles. The van der Waals surface area contributed by atoms with Gasteiger partial charge in [0.25, 0.3) is 0 Å². The Bertz CT molecular complexity index is 806. The second kappa shape index (κ2) is 9.89. The van der Waals surface area contributed by atoms with Crippen LogP contribution in [-0.4, -0.2) is 65.0 Å². The van der Waals surface area contributed by atoms with Gasteiger partial charge in [0, 0.05) is 43.9 Å². The predicted molar refractivity (Wildman–Crippen MR) is 123 cm³/mol. The standard InChI is InChI=1S/C26H41NO8/c1-16-7-8-20-17(2)23(32-24-26(20)19(16)11-13-25(3,33-24)34-35-26)31-22(30)10-9-21(29)27-14-5-4-6-18(27)12-15-28/h16-20,23-24,28H,4-15H2,1-3H3/t16-,17-,18-,19+,20-,23-,24-,25-,26-/m1/s1. The number of piperidine rings is 1. The lowest BCUT2D eigenvalue weighted by atomic mass is 9.58. The highest BCUT2D eigenvalue weighted by atomic mass is 17.3. The number of hydrogen-bond donors (Lipinski definition) is 1. The van der Waals surface area contributed by atoms with Gasteiger partial charge in [-0.15, -0.1) is 0 Å². The number of carbonyl (C=O) groups excluding carboxylic acids is 2. The molecular formula is C26H41NO8. The number of esters is 1. The Morgan fingerprint density at radius 3 is 2.69 bits per heavy atom. The molecular weight excluding hydrogens is 454 g/mol. The van der Waals surface area contributed by atoms with Gasteiger partial charge in [0.1, 0.15) is 0 Å². The van der Waals surface area contributed by atoms with E-state index in [1.807, 2.05) is 18.7 Å². The van der Waals surface area contributed by atoms with Gasteiger partial charge < -0.3 is 24.2 Å². The molecule has 9 nitrogen and oxygen atoms in total. The van der Waals surface area contributed by atoms with E-state index < -0.39 is 29.9 Å². The van der Waals surface area contributed by atoms with Crippen molar-refractivity contribution in [2.45, 2.75) is 115 Å². The van der Waals surface area contributed by atoms with Gasteiger partial charge in [-0.3, -0.25) is 9.59 Å². The molecule has 35 heavy (non-hydrogen) atoms. The van der Waals surface area contributed by atoms with E-state index in [2.05, 4.69) is 6.92 Å². The van der Waals surface area contributed by atoms with Gasteiger partial charge in [-0.05, 0) is 63.7 Å². The van der Waals surface area contributed by atoms with Gasteiger partial charge in [0.2, 0.25) is 18.0 Å². The van der Waals surface area contributed by atoms with Crippen LogP contribution in [0.2, 0.25) is 0 Å². The maximum absolute atomic E-state index is 12.8. The Kier molecular flexibility index (Phi) is 7.18. The quantitative estimate of drug-likeness (QED) is 0.442. The number of rotatable bonds is 6. The first kappa shape index (κ1) is 25.4. The average molecular weight is 496 g/mol. The molecule has 9 heteroatoms. The fraction of sp³-hybridized carbons (Fsp3) is 0.923. The number of aliphatic hydroxyl groups is 1. The maximum atomic E-state index is 12.8. The van der Waals surface area contributed by atoms with Gasteiger partial charge in [-0.2, -0.15) is 0 Å². The summed E-state index contributed by atoms with van der Waals surface area (Å²) in [5.41, 5.74) is -0.693. The van der Waals surface area contributed by atoms with Crippen LogP contribution < -0.4 is 0 Å². The zero-order valence-electron chi connectivity index (χ0n) is 21.3. The van der Waals surface area contributed by atoms with Crippen molar-refractivity contribution in [1.29, 1.82) is 0 Å². The molecule has 0 unspecified atom stereocenters. The maximum Gasteiger partial charge on any atom is 0.308 e. The largest absolute Gasteiger partial charge is 0.435 e. The molecule has 198 valence electrons. The monoisotopic (exact) mass is 495 g/mol. The van der Waals surface area contributed by atoms with E-state index in [-0.39, 0.29) is 49.2 Å². The molecule has 0 aromatic rings. The van der Waals surface area contributed by atoms with E-state index in [0.29, 0.717) is 18.9 Å². The summed E-state index contributed by atoms with van der Waals surface area (Å²) >= 11 is 0. The van der Waals surface area contributed by atoms with E-state index in [1.54, 1.807) is 0 Å². The van der Waals surface area contributed by atoms with E-state index in [0.717, 1.165) is 44.9 Å². The van der Waals surface area contributed by atoms with Crippen molar-refractivity contribution in [3.63, 3.8) is 0 Å². The molecule has 9 atom stereocenters. The van der Waals surface area contributed by atoms with Crippen molar-refractivity contribution in [2.24, 2.45) is 23.7 Å². The van der Waals surface area contributed by atoms with Crippen molar-refractivity contribution < 1.29 is 38.7 Å². The van der Waals surface area contributed by atoms with Gasteiger partial charge in [-0.25, -0.2) is 9.78 Å². The number of fused-ring (bicyclic) bond motifs is 2. The van der Waals surface area contributed by atoms with Crippen molar-refractivity contribution in [1.82, 2.24) is 4.90 Å². The molecule has 6 rings (SSSR count). The lowest BCUT2D eigenvalue weighted by molar-refractivity contribution is -0.576. The molecule has 0 aromatic carbocycles. The number of nitrogens with zero attached hydrogens (tertiary/aromatic N) is 1. The van der Waals surface area contributed by atoms with Crippen LogP contribution in [0.15, 0.2) is 0 Å². The number of ether oxygens (including phenoxy) is 3. The van der Waals surface area contributed by atoms with Crippen molar-refractivity contribution in [3.8, 4) is 0 Å². The minimum Gasteiger partial charge on any atom is -0.435 e. The molecule has 0 radical (unpaired) electrons. The summed E-state index contributed by atoms with van der Waals surface area (Å²) in [5, 5.41) is 9.32. The van der Waals surface area contributed by atoms with Crippen LogP contribution in [0.25, 0.3) is 0 Å². The van der Waals surface area contributed by atoms with E-state index >= 15 is 0 Å². The van der Waals surface area contributed by atoms with Gasteiger partial charge in [0.05, 0.1) is 6.42 Å². The first-order chi connectivity index (χ1) is 16.8. The zero-order chi connectivity index (χ0) is 24.8. The number of likely N-dealkylation sites (tertiary alicyclic amines) is 1. The number of hydrogen-bond acceptors (Lipinski definition) is 8. The highest BCUT2D eigenvalue weighted by Gasteiger charge is 2.69. The third kappa shape index (κ3) is 4.52. The molecule has 5 aliphatic heterocycles. The molecule has 0 aromatic heterocycles. The highest BCUT2D eigenvalue weighted by Crippen LogP contribution is 2.60. The highest BCUT2D eigenvalue weighted by molar-refractivity contribution is 5.81. The first-order valence-corrected chi connectivity index (χ1v) is 13.6. The van der Waals surface area contributed by atoms with Gasteiger partial charge in [-0.1, -0.05) is 13.8 Å². The van der Waals surface area contributed by atoms with Crippen LogP contribution in [0.5, 0.6) is 0 Å². The van der Waals surface area contributed by atoms with Crippen LogP contribution >= 0.6 is 0 Å². The summed E-state index contributed by atoms with van der Waals surface area (Å²) in [6.45, 7) is 6.92. The second-order valence-electron chi connectivity index (χ2n) is 11.5. The summed E-state index contributed by atoms with van der Waals surface area (Å²) in [6.07, 6.45) is 5.87. The van der Waals surface area contributed by atoms with E-state index in [9.17, 15) is 14.7 Å². The van der Waals surface area contributed by atoms with Gasteiger partial charge in [0.15, 0.2) is 11.9 Å². The SMILES string of the molecule is C[C@H]1[C@H](OC(=O)CCC(=O)N2CCCC[C@@H]2CCO)O[C@@H]2O[C@@]3(C)CC[C@H]4[C@H](C)CC[C@H]1[C@@]24OO3. The van der Waals surface area contributed by atoms with E-state index in [4.69, 9.17) is 24.0 Å². The molecule has 1 amide bonds. The van der Waals surface area contributed by atoms with Crippen LogP contribution in [-0.2, 0) is 33.6 Å². The number of carbonyl (C=O) groups is 2. The third-order valence-corrected chi connectivity index (χ3v) is 9.30. The van der Waals surface area contributed by atoms with Crippen molar-refractivity contribution in [2.75, 3.05) is 13.2 Å². The lowest BCUT2D eigenvalue weighted by Gasteiger charge is -2.59. The molecule has 1 aliphatic carbocycles. The summed E-state index contributed by atoms with van der Waals surface area (Å²) in [5.74, 6) is -0.661. The molecule has 5 heterocycles. The fourth-order valence-electron chi connectivity index (χ4n) is 7.33. The lowest BCUT2D eigenvalue weighted by Crippen LogP contribution is -2.70. The third-order valence-electron chi connectivity index (χ3n) is 9.30. The summed E-state index contributed by atoms with van der Waals surface area (Å²) in [6, 6.07) is 0.0585. The number of amides is 1. The Morgan fingerprint density at radius 2 is 1.89 bits per heavy atom. The van der Waals surface area contributed by atoms with Crippen molar-refractivity contribution >= 4 is 11.9 Å². The normalized spacial score (nSPS) is 44.9. The summed E-state index contributed by atoms with van der Waals surface area (Å²) in [4.78, 5) is 39.4. The minimum absolute atomic E-state index is 0.00603. The molecule has 1 spiro atoms. The topological polar surface area (TPSA) is 104 Å². The van der Waals surface area contributed by atoms with Crippen LogP contribution in [0.1, 0.15) is 85.0 Å².